The van der Waals surface area contributed by atoms with Crippen molar-refractivity contribution in [1.82, 2.24) is 0 Å². The first kappa shape index (κ1) is 11.7. The van der Waals surface area contributed by atoms with Crippen LogP contribution in [-0.2, 0) is 0 Å². The van der Waals surface area contributed by atoms with Gasteiger partial charge in [0.25, 0.3) is 0 Å². The summed E-state index contributed by atoms with van der Waals surface area (Å²) in [6.45, 7) is 11.4. The number of hydrogen-bond acceptors (Lipinski definition) is 0. The summed E-state index contributed by atoms with van der Waals surface area (Å²) >= 11 is 0. The quantitative estimate of drug-likeness (QED) is 0.533. The molecule has 0 saturated carbocycles. The van der Waals surface area contributed by atoms with Gasteiger partial charge in [-0.2, -0.15) is 0 Å². The van der Waals surface area contributed by atoms with Gasteiger partial charge in [0, 0.05) is 0 Å². The number of hydrogen-bond donors (Lipinski definition) is 0. The number of allylic oxidation sites excluding steroid dienone is 2. The average molecular weight is 168 g/mol. The van der Waals surface area contributed by atoms with Crippen molar-refractivity contribution in [1.29, 1.82) is 0 Å². The molecule has 0 heterocycles. The zero-order valence-electron chi connectivity index (χ0n) is 9.35. The highest BCUT2D eigenvalue weighted by Gasteiger charge is 2.07. The maximum absolute atomic E-state index is 2.36. The van der Waals surface area contributed by atoms with Crippen LogP contribution in [0.15, 0.2) is 11.6 Å². The van der Waals surface area contributed by atoms with Gasteiger partial charge in [0.05, 0.1) is 0 Å². The summed E-state index contributed by atoms with van der Waals surface area (Å²) < 4.78 is 0. The van der Waals surface area contributed by atoms with E-state index in [0.29, 0.717) is 0 Å². The van der Waals surface area contributed by atoms with E-state index < -0.39 is 0 Å². The smallest absolute Gasteiger partial charge is 0.0260 e. The van der Waals surface area contributed by atoms with Crippen molar-refractivity contribution in [2.75, 3.05) is 0 Å². The van der Waals surface area contributed by atoms with Crippen LogP contribution in [0.2, 0.25) is 0 Å². The molecule has 0 fully saturated rings. The lowest BCUT2D eigenvalue weighted by Crippen LogP contribution is -2.01. The van der Waals surface area contributed by atoms with Crippen LogP contribution in [0.1, 0.15) is 53.9 Å². The van der Waals surface area contributed by atoms with Gasteiger partial charge in [0.15, 0.2) is 0 Å². The van der Waals surface area contributed by atoms with E-state index in [0.717, 1.165) is 11.8 Å². The highest BCUT2D eigenvalue weighted by Crippen LogP contribution is 2.21. The van der Waals surface area contributed by atoms with E-state index in [-0.39, 0.29) is 0 Å². The molecule has 0 nitrogen and oxygen atoms in total. The molecule has 0 heteroatoms. The molecule has 0 aromatic heterocycles. The van der Waals surface area contributed by atoms with Gasteiger partial charge < -0.3 is 0 Å². The molecule has 0 saturated heterocycles. The van der Waals surface area contributed by atoms with Gasteiger partial charge in [-0.25, -0.2) is 0 Å². The van der Waals surface area contributed by atoms with Crippen molar-refractivity contribution >= 4 is 0 Å². The van der Waals surface area contributed by atoms with Crippen molar-refractivity contribution in [3.63, 3.8) is 0 Å². The van der Waals surface area contributed by atoms with Gasteiger partial charge >= 0.3 is 0 Å². The van der Waals surface area contributed by atoms with Crippen LogP contribution in [0.3, 0.4) is 0 Å². The summed E-state index contributed by atoms with van der Waals surface area (Å²) in [7, 11) is 0. The monoisotopic (exact) mass is 168 g/mol. The molecule has 0 spiro atoms. The second-order valence-electron chi connectivity index (χ2n) is 4.12. The molecule has 12 heavy (non-hydrogen) atoms. The summed E-state index contributed by atoms with van der Waals surface area (Å²) in [5, 5.41) is 0. The predicted octanol–water partition coefficient (Wildman–Crippen LogP) is 4.42. The molecular formula is C12H24. The van der Waals surface area contributed by atoms with Crippen LogP contribution >= 0.6 is 0 Å². The lowest BCUT2D eigenvalue weighted by Gasteiger charge is -2.15. The highest BCUT2D eigenvalue weighted by atomic mass is 14.1. The summed E-state index contributed by atoms with van der Waals surface area (Å²) in [5.41, 5.74) is 1.62. The Hall–Kier alpha value is -0.260. The minimum Gasteiger partial charge on any atom is -0.0882 e. The van der Waals surface area contributed by atoms with Gasteiger partial charge in [-0.1, -0.05) is 52.2 Å². The second kappa shape index (κ2) is 6.28. The fraction of sp³-hybridized carbons (Fsp3) is 0.833. The van der Waals surface area contributed by atoms with Crippen LogP contribution in [0.25, 0.3) is 0 Å². The standard InChI is InChI=1S/C12H24/c1-6-8-11(5)9-12(7-2)10(3)4/h7,10-11H,6,8-9H2,1-5H3. The van der Waals surface area contributed by atoms with Gasteiger partial charge in [0.1, 0.15) is 0 Å². The van der Waals surface area contributed by atoms with Crippen LogP contribution in [0, 0.1) is 11.8 Å². The van der Waals surface area contributed by atoms with E-state index in [1.165, 1.54) is 19.3 Å². The van der Waals surface area contributed by atoms with Crippen molar-refractivity contribution in [2.45, 2.75) is 53.9 Å². The SMILES string of the molecule is CC=C(CC(C)CCC)C(C)C. The minimum atomic E-state index is 0.731. The molecule has 1 unspecified atom stereocenters. The lowest BCUT2D eigenvalue weighted by molar-refractivity contribution is 0.497. The summed E-state index contributed by atoms with van der Waals surface area (Å²) in [5.74, 6) is 1.60. The molecule has 0 rings (SSSR count). The molecule has 0 bridgehead atoms. The fourth-order valence-electron chi connectivity index (χ4n) is 1.68. The largest absolute Gasteiger partial charge is 0.0882 e. The molecule has 72 valence electrons. The molecule has 0 amide bonds. The molecule has 0 N–H and O–H groups in total. The van der Waals surface area contributed by atoms with E-state index >= 15 is 0 Å². The van der Waals surface area contributed by atoms with E-state index in [2.05, 4.69) is 40.7 Å². The van der Waals surface area contributed by atoms with Crippen molar-refractivity contribution in [2.24, 2.45) is 11.8 Å². The lowest BCUT2D eigenvalue weighted by atomic mass is 9.91. The van der Waals surface area contributed by atoms with Crippen molar-refractivity contribution < 1.29 is 0 Å². The average Bonchev–Trinajstić information content (AvgIpc) is 2.00. The van der Waals surface area contributed by atoms with Crippen LogP contribution in [0.5, 0.6) is 0 Å². The summed E-state index contributed by atoms with van der Waals surface area (Å²) in [4.78, 5) is 0. The van der Waals surface area contributed by atoms with Crippen LogP contribution < -0.4 is 0 Å². The Kier molecular flexibility index (Phi) is 6.14. The first-order valence-corrected chi connectivity index (χ1v) is 5.26. The Balaban J connectivity index is 3.87. The van der Waals surface area contributed by atoms with E-state index in [1.807, 2.05) is 0 Å². The zero-order chi connectivity index (χ0) is 9.56. The molecule has 0 aromatic carbocycles. The van der Waals surface area contributed by atoms with Crippen LogP contribution in [0.4, 0.5) is 0 Å². The molecule has 0 aliphatic heterocycles. The molecular weight excluding hydrogens is 144 g/mol. The van der Waals surface area contributed by atoms with Gasteiger partial charge in [-0.3, -0.25) is 0 Å². The topological polar surface area (TPSA) is 0 Å². The summed E-state index contributed by atoms with van der Waals surface area (Å²) in [6, 6.07) is 0. The third-order valence-corrected chi connectivity index (χ3v) is 2.48. The molecule has 0 radical (unpaired) electrons. The van der Waals surface area contributed by atoms with E-state index in [1.54, 1.807) is 5.57 Å². The molecule has 0 aliphatic rings. The predicted molar refractivity (Wildman–Crippen MR) is 57.3 cm³/mol. The Morgan fingerprint density at radius 3 is 2.17 bits per heavy atom. The van der Waals surface area contributed by atoms with Crippen LogP contribution in [-0.4, -0.2) is 0 Å². The van der Waals surface area contributed by atoms with Gasteiger partial charge in [-0.05, 0) is 25.2 Å². The second-order valence-corrected chi connectivity index (χ2v) is 4.12. The van der Waals surface area contributed by atoms with Gasteiger partial charge in [-0.15, -0.1) is 0 Å². The van der Waals surface area contributed by atoms with E-state index in [4.69, 9.17) is 0 Å². The third-order valence-electron chi connectivity index (χ3n) is 2.48. The first-order valence-electron chi connectivity index (χ1n) is 5.26. The fourth-order valence-corrected chi connectivity index (χ4v) is 1.68. The Labute approximate surface area is 78.1 Å². The zero-order valence-corrected chi connectivity index (χ0v) is 9.35. The maximum Gasteiger partial charge on any atom is -0.0260 e. The van der Waals surface area contributed by atoms with Crippen molar-refractivity contribution in [3.05, 3.63) is 11.6 Å². The Morgan fingerprint density at radius 2 is 1.83 bits per heavy atom. The molecule has 0 aliphatic carbocycles. The van der Waals surface area contributed by atoms with Crippen molar-refractivity contribution in [3.8, 4) is 0 Å². The third kappa shape index (κ3) is 4.58. The Bertz CT molecular complexity index is 131. The van der Waals surface area contributed by atoms with E-state index in [9.17, 15) is 0 Å². The minimum absolute atomic E-state index is 0.731. The first-order chi connectivity index (χ1) is 5.61. The highest BCUT2D eigenvalue weighted by molar-refractivity contribution is 5.03. The maximum atomic E-state index is 2.36. The normalized spacial score (nSPS) is 15.3. The Morgan fingerprint density at radius 1 is 1.25 bits per heavy atom. The molecule has 0 aromatic rings. The summed E-state index contributed by atoms with van der Waals surface area (Å²) in [6.07, 6.45) is 6.26. The number of rotatable bonds is 5. The molecule has 1 atom stereocenters. The van der Waals surface area contributed by atoms with Gasteiger partial charge in [0.2, 0.25) is 0 Å².